The largest absolute Gasteiger partial charge is 0.337 e. The van der Waals surface area contributed by atoms with Gasteiger partial charge in [0.1, 0.15) is 0 Å². The average Bonchev–Trinajstić information content (AvgIpc) is 3.17. The molecule has 1 aromatic heterocycles. The van der Waals surface area contributed by atoms with Crippen molar-refractivity contribution in [1.29, 1.82) is 0 Å². The second-order valence-electron chi connectivity index (χ2n) is 8.15. The molecule has 1 saturated carbocycles. The van der Waals surface area contributed by atoms with Crippen molar-refractivity contribution in [3.63, 3.8) is 0 Å². The number of piperidine rings is 2. The fourth-order valence-electron chi connectivity index (χ4n) is 5.33. The number of carbonyl (C=O) groups is 1. The van der Waals surface area contributed by atoms with Gasteiger partial charge in [-0.15, -0.1) is 24.8 Å². The van der Waals surface area contributed by atoms with Gasteiger partial charge >= 0.3 is 0 Å². The van der Waals surface area contributed by atoms with Crippen molar-refractivity contribution in [3.8, 4) is 0 Å². The first-order chi connectivity index (χ1) is 11.8. The van der Waals surface area contributed by atoms with Gasteiger partial charge in [-0.25, -0.2) is 0 Å². The van der Waals surface area contributed by atoms with Crippen molar-refractivity contribution < 1.29 is 4.79 Å². The Hall–Kier alpha value is -0.880. The smallest absolute Gasteiger partial charge is 0.254 e. The molecule has 1 aromatic rings. The van der Waals surface area contributed by atoms with Crippen LogP contribution < -0.4 is 5.32 Å². The topological polar surface area (TPSA) is 48.5 Å². The molecular weight excluding hydrogens is 371 g/mol. The Morgan fingerprint density at radius 2 is 1.81 bits per heavy atom. The molecule has 5 fully saturated rings. The summed E-state index contributed by atoms with van der Waals surface area (Å²) in [6, 6.07) is 4.24. The first-order valence-electron chi connectivity index (χ1n) is 9.43. The third-order valence-corrected chi connectivity index (χ3v) is 6.76. The zero-order valence-corrected chi connectivity index (χ0v) is 16.6. The molecule has 1 unspecified atom stereocenters. The molecule has 5 aliphatic rings. The van der Waals surface area contributed by atoms with Crippen molar-refractivity contribution in [1.82, 2.24) is 20.1 Å². The van der Waals surface area contributed by atoms with E-state index in [2.05, 4.69) is 20.1 Å². The number of aromatic nitrogens is 1. The molecule has 0 spiro atoms. The number of hydrogen-bond acceptors (Lipinski definition) is 4. The Morgan fingerprint density at radius 1 is 1.08 bits per heavy atom. The summed E-state index contributed by atoms with van der Waals surface area (Å²) in [5.74, 6) is 3.60. The number of nitrogens with one attached hydrogen (secondary N) is 1. The van der Waals surface area contributed by atoms with E-state index in [0.29, 0.717) is 12.0 Å². The van der Waals surface area contributed by atoms with E-state index in [9.17, 15) is 4.79 Å². The first kappa shape index (κ1) is 19.9. The highest BCUT2D eigenvalue weighted by Crippen LogP contribution is 2.49. The quantitative estimate of drug-likeness (QED) is 0.844. The number of fused-ring (bicyclic) bond motifs is 5. The summed E-state index contributed by atoms with van der Waals surface area (Å²) in [6.45, 7) is 6.72. The van der Waals surface area contributed by atoms with Crippen LogP contribution in [-0.2, 0) is 0 Å². The lowest BCUT2D eigenvalue weighted by atomic mass is 9.94. The molecule has 7 heteroatoms. The van der Waals surface area contributed by atoms with E-state index >= 15 is 0 Å². The van der Waals surface area contributed by atoms with Crippen LogP contribution in [0, 0.1) is 23.7 Å². The Morgan fingerprint density at radius 3 is 2.54 bits per heavy atom. The Bertz CT molecular complexity index is 621. The summed E-state index contributed by atoms with van der Waals surface area (Å²) >= 11 is 0. The van der Waals surface area contributed by atoms with Gasteiger partial charge in [0, 0.05) is 50.2 Å². The van der Waals surface area contributed by atoms with E-state index in [1.807, 2.05) is 12.1 Å². The third kappa shape index (κ3) is 3.59. The fourth-order valence-corrected chi connectivity index (χ4v) is 5.33. The summed E-state index contributed by atoms with van der Waals surface area (Å²) in [5, 5.41) is 3.50. The lowest BCUT2D eigenvalue weighted by Gasteiger charge is -2.36. The normalized spacial score (nSPS) is 35.1. The van der Waals surface area contributed by atoms with Gasteiger partial charge in [-0.2, -0.15) is 0 Å². The van der Waals surface area contributed by atoms with Crippen molar-refractivity contribution in [2.24, 2.45) is 23.7 Å². The van der Waals surface area contributed by atoms with Crippen LogP contribution in [0.5, 0.6) is 0 Å². The third-order valence-electron chi connectivity index (χ3n) is 6.76. The predicted octanol–water partition coefficient (Wildman–Crippen LogP) is 1.93. The van der Waals surface area contributed by atoms with Crippen LogP contribution >= 0.6 is 24.8 Å². The van der Waals surface area contributed by atoms with Gasteiger partial charge in [0.25, 0.3) is 5.91 Å². The Kier molecular flexibility index (Phi) is 6.12. The summed E-state index contributed by atoms with van der Waals surface area (Å²) in [5.41, 5.74) is 0.778. The molecule has 144 valence electrons. The van der Waals surface area contributed by atoms with Crippen molar-refractivity contribution in [3.05, 3.63) is 30.1 Å². The molecule has 1 amide bonds. The summed E-state index contributed by atoms with van der Waals surface area (Å²) < 4.78 is 0. The van der Waals surface area contributed by atoms with Gasteiger partial charge in [0.05, 0.1) is 0 Å². The average molecular weight is 399 g/mol. The molecule has 0 aromatic carbocycles. The maximum atomic E-state index is 12.8. The lowest BCUT2D eigenvalue weighted by molar-refractivity contribution is 0.0735. The molecule has 26 heavy (non-hydrogen) atoms. The highest BCUT2D eigenvalue weighted by molar-refractivity contribution is 5.94. The zero-order chi connectivity index (χ0) is 16.1. The maximum absolute atomic E-state index is 12.8. The van der Waals surface area contributed by atoms with Crippen molar-refractivity contribution in [2.75, 3.05) is 39.3 Å². The molecule has 5 heterocycles. The monoisotopic (exact) mass is 398 g/mol. The van der Waals surface area contributed by atoms with E-state index < -0.39 is 0 Å². The van der Waals surface area contributed by atoms with Crippen LogP contribution in [0.25, 0.3) is 0 Å². The van der Waals surface area contributed by atoms with E-state index in [0.717, 1.165) is 36.4 Å². The molecule has 6 rings (SSSR count). The SMILES string of the molecule is Cl.Cl.O=C(c1ccncc1)N1C[C@@H]2CC[C@H](C1)N(CC1[C@H]3CNC[C@@H]13)C2. The second-order valence-corrected chi connectivity index (χ2v) is 8.15. The van der Waals surface area contributed by atoms with Gasteiger partial charge in [-0.1, -0.05) is 0 Å². The number of amides is 1. The molecular formula is C19H28Cl2N4O. The number of hydrogen-bond donors (Lipinski definition) is 1. The molecule has 5 nitrogen and oxygen atoms in total. The molecule has 4 aliphatic heterocycles. The molecule has 5 atom stereocenters. The first-order valence-corrected chi connectivity index (χ1v) is 9.43. The number of rotatable bonds is 3. The van der Waals surface area contributed by atoms with Crippen LogP contribution in [0.2, 0.25) is 0 Å². The van der Waals surface area contributed by atoms with Crippen LogP contribution in [0.15, 0.2) is 24.5 Å². The minimum atomic E-state index is 0. The van der Waals surface area contributed by atoms with Crippen molar-refractivity contribution >= 4 is 30.7 Å². The predicted molar refractivity (Wildman–Crippen MR) is 106 cm³/mol. The highest BCUT2D eigenvalue weighted by atomic mass is 35.5. The number of nitrogens with zero attached hydrogens (tertiary/aromatic N) is 3. The van der Waals surface area contributed by atoms with E-state index in [1.54, 1.807) is 12.4 Å². The van der Waals surface area contributed by atoms with E-state index in [-0.39, 0.29) is 30.7 Å². The molecule has 0 radical (unpaired) electrons. The second kappa shape index (κ2) is 8.01. The van der Waals surface area contributed by atoms with Gasteiger partial charge in [0.15, 0.2) is 0 Å². The van der Waals surface area contributed by atoms with Crippen LogP contribution in [0.3, 0.4) is 0 Å². The minimum absolute atomic E-state index is 0. The molecule has 1 N–H and O–H groups in total. The highest BCUT2D eigenvalue weighted by Gasteiger charge is 2.53. The lowest BCUT2D eigenvalue weighted by Crippen LogP contribution is -2.45. The van der Waals surface area contributed by atoms with E-state index in [1.165, 1.54) is 39.0 Å². The van der Waals surface area contributed by atoms with Gasteiger partial charge in [-0.3, -0.25) is 14.7 Å². The van der Waals surface area contributed by atoms with Gasteiger partial charge in [-0.05, 0) is 61.7 Å². The standard InChI is InChI=1S/C19H26N4O.2ClH/c24-19(14-3-5-20-6-4-14)23-10-13-1-2-15(11-23)22(9-13)12-18-16-7-21-8-17(16)18;;/h3-6,13,15-18,21H,1-2,7-12H2;2*1H/t13-,15-,16-,17+,18?;;/m1../s1. The molecule has 4 saturated heterocycles. The summed E-state index contributed by atoms with van der Waals surface area (Å²) in [4.78, 5) is 21.7. The number of pyridine rings is 1. The molecule has 2 bridgehead atoms. The van der Waals surface area contributed by atoms with Crippen molar-refractivity contribution in [2.45, 2.75) is 18.9 Å². The van der Waals surface area contributed by atoms with Crippen LogP contribution in [0.1, 0.15) is 23.2 Å². The fraction of sp³-hybridized carbons (Fsp3) is 0.684. The summed E-state index contributed by atoms with van der Waals surface area (Å²) in [7, 11) is 0. The molecule has 1 aliphatic carbocycles. The van der Waals surface area contributed by atoms with Gasteiger partial charge < -0.3 is 10.2 Å². The Labute approximate surface area is 167 Å². The van der Waals surface area contributed by atoms with Crippen LogP contribution in [0.4, 0.5) is 0 Å². The van der Waals surface area contributed by atoms with E-state index in [4.69, 9.17) is 0 Å². The van der Waals surface area contributed by atoms with Gasteiger partial charge in [0.2, 0.25) is 0 Å². The number of halogens is 2. The number of carbonyl (C=O) groups excluding carboxylic acids is 1. The van der Waals surface area contributed by atoms with Crippen LogP contribution in [-0.4, -0.2) is 66.0 Å². The Balaban J connectivity index is 0.000000980. The zero-order valence-electron chi connectivity index (χ0n) is 14.9. The summed E-state index contributed by atoms with van der Waals surface area (Å²) in [6.07, 6.45) is 5.96. The minimum Gasteiger partial charge on any atom is -0.337 e. The maximum Gasteiger partial charge on any atom is 0.254 e.